The smallest absolute Gasteiger partial charge is 0.146 e. The summed E-state index contributed by atoms with van der Waals surface area (Å²) in [4.78, 5) is 5.12. The molecule has 2 aliphatic carbocycles. The lowest BCUT2D eigenvalue weighted by Crippen LogP contribution is -1.94. The Morgan fingerprint density at radius 3 is 2.29 bits per heavy atom. The number of hydrogen-bond donors (Lipinski definition) is 0. The fourth-order valence-electron chi connectivity index (χ4n) is 6.82. The predicted octanol–water partition coefficient (Wildman–Crippen LogP) is 7.94. The molecule has 0 saturated carbocycles. The van der Waals surface area contributed by atoms with Gasteiger partial charge in [-0.1, -0.05) is 72.8 Å². The summed E-state index contributed by atoms with van der Waals surface area (Å²) < 4.78 is 2.34. The van der Waals surface area contributed by atoms with Crippen LogP contribution in [0.5, 0.6) is 0 Å². The molecule has 0 fully saturated rings. The van der Waals surface area contributed by atoms with Gasteiger partial charge in [0.25, 0.3) is 0 Å². The van der Waals surface area contributed by atoms with Crippen LogP contribution in [-0.2, 0) is 12.8 Å². The molecule has 0 unspecified atom stereocenters. The lowest BCUT2D eigenvalue weighted by atomic mass is 9.95. The number of fused-ring (bicyclic) bond motifs is 16. The molecule has 2 heterocycles. The van der Waals surface area contributed by atoms with E-state index in [2.05, 4.69) is 101 Å². The lowest BCUT2D eigenvalue weighted by molar-refractivity contribution is 1.24. The number of pyridine rings is 1. The summed E-state index contributed by atoms with van der Waals surface area (Å²) >= 11 is 0. The van der Waals surface area contributed by atoms with E-state index in [1.807, 2.05) is 0 Å². The minimum absolute atomic E-state index is 0.972. The first-order valence-corrected chi connectivity index (χ1v) is 12.3. The van der Waals surface area contributed by atoms with E-state index in [1.54, 1.807) is 0 Å². The van der Waals surface area contributed by atoms with Gasteiger partial charge in [0.1, 0.15) is 5.65 Å². The van der Waals surface area contributed by atoms with E-state index in [9.17, 15) is 0 Å². The minimum Gasteiger partial charge on any atom is -0.292 e. The molecule has 0 spiro atoms. The Bertz CT molecular complexity index is 2060. The summed E-state index contributed by atoms with van der Waals surface area (Å²) in [5.74, 6) is 0. The summed E-state index contributed by atoms with van der Waals surface area (Å²) in [6, 6.07) is 35.6. The highest BCUT2D eigenvalue weighted by molar-refractivity contribution is 6.17. The molecule has 0 radical (unpaired) electrons. The van der Waals surface area contributed by atoms with Crippen LogP contribution < -0.4 is 0 Å². The van der Waals surface area contributed by atoms with Gasteiger partial charge in [-0.05, 0) is 87.0 Å². The normalized spacial score (nSPS) is 13.5. The molecule has 0 saturated heterocycles. The molecule has 2 heteroatoms. The molecule has 2 aliphatic rings. The second-order valence-corrected chi connectivity index (χ2v) is 9.93. The molecule has 162 valence electrons. The van der Waals surface area contributed by atoms with Crippen molar-refractivity contribution in [3.8, 4) is 22.3 Å². The zero-order chi connectivity index (χ0) is 22.7. The van der Waals surface area contributed by atoms with Gasteiger partial charge in [0, 0.05) is 10.8 Å². The van der Waals surface area contributed by atoms with E-state index in [0.29, 0.717) is 0 Å². The van der Waals surface area contributed by atoms with E-state index >= 15 is 0 Å². The number of para-hydroxylation sites is 3. The average molecular weight is 445 g/mol. The third-order valence-corrected chi connectivity index (χ3v) is 8.24. The zero-order valence-electron chi connectivity index (χ0n) is 19.0. The van der Waals surface area contributed by atoms with Crippen molar-refractivity contribution < 1.29 is 0 Å². The van der Waals surface area contributed by atoms with Crippen molar-refractivity contribution in [2.75, 3.05) is 0 Å². The second-order valence-electron chi connectivity index (χ2n) is 9.93. The van der Waals surface area contributed by atoms with Crippen molar-refractivity contribution in [1.29, 1.82) is 0 Å². The van der Waals surface area contributed by atoms with Crippen LogP contribution in [-0.4, -0.2) is 9.38 Å². The predicted molar refractivity (Wildman–Crippen MR) is 144 cm³/mol. The van der Waals surface area contributed by atoms with Gasteiger partial charge in [0.2, 0.25) is 0 Å². The third kappa shape index (κ3) is 2.14. The van der Waals surface area contributed by atoms with Crippen molar-refractivity contribution in [3.63, 3.8) is 0 Å². The first-order valence-electron chi connectivity index (χ1n) is 12.3. The van der Waals surface area contributed by atoms with Gasteiger partial charge in [-0.2, -0.15) is 0 Å². The van der Waals surface area contributed by atoms with E-state index in [4.69, 9.17) is 4.98 Å². The van der Waals surface area contributed by atoms with Gasteiger partial charge in [-0.25, -0.2) is 4.98 Å². The first-order chi connectivity index (χ1) is 17.4. The highest BCUT2D eigenvalue weighted by Crippen LogP contribution is 2.50. The Morgan fingerprint density at radius 2 is 1.31 bits per heavy atom. The van der Waals surface area contributed by atoms with E-state index in [-0.39, 0.29) is 0 Å². The molecular formula is C33H20N2. The quantitative estimate of drug-likeness (QED) is 0.217. The topological polar surface area (TPSA) is 17.3 Å². The summed E-state index contributed by atoms with van der Waals surface area (Å²) in [6.07, 6.45) is 2.01. The lowest BCUT2D eigenvalue weighted by Gasteiger charge is -2.12. The average Bonchev–Trinajstić information content (AvgIpc) is 3.59. The molecule has 0 bridgehead atoms. The molecule has 2 nitrogen and oxygen atoms in total. The number of imidazole rings is 1. The van der Waals surface area contributed by atoms with Crippen LogP contribution in [0.4, 0.5) is 0 Å². The highest BCUT2D eigenvalue weighted by Gasteiger charge is 2.30. The van der Waals surface area contributed by atoms with Gasteiger partial charge in [-0.15, -0.1) is 0 Å². The molecule has 2 aromatic heterocycles. The second kappa shape index (κ2) is 6.17. The van der Waals surface area contributed by atoms with Gasteiger partial charge in [0.15, 0.2) is 0 Å². The maximum atomic E-state index is 5.12. The van der Waals surface area contributed by atoms with Crippen molar-refractivity contribution >= 4 is 38.4 Å². The number of nitrogens with zero attached hydrogens (tertiary/aromatic N) is 2. The molecule has 5 aromatic carbocycles. The van der Waals surface area contributed by atoms with Crippen LogP contribution in [0.3, 0.4) is 0 Å². The number of rotatable bonds is 0. The summed E-state index contributed by atoms with van der Waals surface area (Å²) in [5.41, 5.74) is 16.0. The van der Waals surface area contributed by atoms with Crippen molar-refractivity contribution in [3.05, 3.63) is 119 Å². The Balaban J connectivity index is 1.42. The van der Waals surface area contributed by atoms with Crippen molar-refractivity contribution in [1.82, 2.24) is 9.38 Å². The van der Waals surface area contributed by atoms with Crippen LogP contribution in [0.2, 0.25) is 0 Å². The van der Waals surface area contributed by atoms with E-state index < -0.39 is 0 Å². The summed E-state index contributed by atoms with van der Waals surface area (Å²) in [5, 5.41) is 3.90. The van der Waals surface area contributed by atoms with Crippen LogP contribution >= 0.6 is 0 Å². The molecule has 9 rings (SSSR count). The molecule has 35 heavy (non-hydrogen) atoms. The zero-order valence-corrected chi connectivity index (χ0v) is 19.0. The maximum absolute atomic E-state index is 5.12. The summed E-state index contributed by atoms with van der Waals surface area (Å²) in [6.45, 7) is 0. The molecule has 0 atom stereocenters. The van der Waals surface area contributed by atoms with Crippen LogP contribution in [0, 0.1) is 0 Å². The van der Waals surface area contributed by atoms with E-state index in [1.165, 1.54) is 71.7 Å². The molecular weight excluding hydrogens is 424 g/mol. The monoisotopic (exact) mass is 444 g/mol. The van der Waals surface area contributed by atoms with Gasteiger partial charge < -0.3 is 0 Å². The molecule has 0 amide bonds. The fourth-order valence-corrected chi connectivity index (χ4v) is 6.82. The first kappa shape index (κ1) is 18.0. The minimum atomic E-state index is 0.972. The number of benzene rings is 5. The van der Waals surface area contributed by atoms with Gasteiger partial charge in [0.05, 0.1) is 16.6 Å². The number of hydrogen-bond acceptors (Lipinski definition) is 1. The number of aromatic nitrogens is 2. The fraction of sp³-hybridized carbons (Fsp3) is 0.0606. The Morgan fingerprint density at radius 1 is 0.543 bits per heavy atom. The largest absolute Gasteiger partial charge is 0.292 e. The van der Waals surface area contributed by atoms with Crippen molar-refractivity contribution in [2.45, 2.75) is 12.8 Å². The molecule has 0 aliphatic heterocycles. The summed E-state index contributed by atoms with van der Waals surface area (Å²) in [7, 11) is 0. The van der Waals surface area contributed by atoms with Gasteiger partial charge >= 0.3 is 0 Å². The SMILES string of the molecule is c1ccc2c(c1)Cc1ccc3c(c1-2)Cc1c-3ccc2c1c1ccccc1n1c3ccccc3nc21. The Labute approximate surface area is 202 Å². The van der Waals surface area contributed by atoms with Crippen molar-refractivity contribution in [2.24, 2.45) is 0 Å². The Hall–Kier alpha value is -4.43. The van der Waals surface area contributed by atoms with E-state index in [0.717, 1.165) is 24.0 Å². The third-order valence-electron chi connectivity index (χ3n) is 8.24. The highest BCUT2D eigenvalue weighted by atomic mass is 15.0. The Kier molecular flexibility index (Phi) is 3.16. The molecule has 7 aromatic rings. The van der Waals surface area contributed by atoms with Gasteiger partial charge in [-0.3, -0.25) is 4.40 Å². The van der Waals surface area contributed by atoms with Crippen LogP contribution in [0.1, 0.15) is 22.3 Å². The van der Waals surface area contributed by atoms with Crippen LogP contribution in [0.25, 0.3) is 60.6 Å². The maximum Gasteiger partial charge on any atom is 0.146 e. The van der Waals surface area contributed by atoms with Crippen LogP contribution in [0.15, 0.2) is 97.1 Å². The standard InChI is InChI=1S/C33H20N2/c1-2-8-21-19(7-1)17-20-13-14-22-23-15-16-25-32(27(23)18-26(22)31(20)21)24-9-3-5-11-29(24)35-30-12-6-4-10-28(30)34-33(25)35/h1-16H,17-18H2. The molecule has 0 N–H and O–H groups in total.